The molecule has 0 atom stereocenters. The van der Waals surface area contributed by atoms with Crippen molar-refractivity contribution in [2.24, 2.45) is 0 Å². The number of rotatable bonds is 6. The van der Waals surface area contributed by atoms with E-state index in [1.807, 2.05) is 24.3 Å². The second kappa shape index (κ2) is 8.35. The zero-order valence-electron chi connectivity index (χ0n) is 15.3. The fourth-order valence-electron chi connectivity index (χ4n) is 3.20. The van der Waals surface area contributed by atoms with Gasteiger partial charge in [-0.25, -0.2) is 0 Å². The summed E-state index contributed by atoms with van der Waals surface area (Å²) in [6, 6.07) is 23.2. The fourth-order valence-corrected chi connectivity index (χ4v) is 57.2. The molecule has 0 bridgehead atoms. The van der Waals surface area contributed by atoms with Crippen molar-refractivity contribution in [3.05, 3.63) is 70.8 Å². The van der Waals surface area contributed by atoms with Crippen molar-refractivity contribution in [3.63, 3.8) is 0 Å². The number of hydrogen-bond donors (Lipinski definition) is 0. The summed E-state index contributed by atoms with van der Waals surface area (Å²) in [5.41, 5.74) is 1.83. The van der Waals surface area contributed by atoms with Gasteiger partial charge in [-0.3, -0.25) is 0 Å². The van der Waals surface area contributed by atoms with E-state index in [2.05, 4.69) is 62.6 Å². The maximum absolute atomic E-state index is 8.94. The molecule has 0 aliphatic rings. The van der Waals surface area contributed by atoms with Crippen LogP contribution < -0.4 is 0 Å². The van der Waals surface area contributed by atoms with E-state index in [-0.39, 0.29) is 19.3 Å². The number of nitriles is 2. The first-order valence-corrected chi connectivity index (χ1v) is 21.6. The summed E-state index contributed by atoms with van der Waals surface area (Å²) in [5, 5.41) is 17.9. The molecule has 0 saturated heterocycles. The Balaban J connectivity index is 2.03. The third kappa shape index (κ3) is 6.46. The van der Waals surface area contributed by atoms with Crippen LogP contribution in [-0.4, -0.2) is 30.6 Å². The first kappa shape index (κ1) is 20.0. The average Bonchev–Trinajstić information content (AvgIpc) is 2.54. The number of hydrogen-bond acceptors (Lipinski definition) is 2. The molecule has 0 saturated carbocycles. The van der Waals surface area contributed by atoms with Crippen molar-refractivity contribution in [1.29, 1.82) is 10.5 Å². The van der Waals surface area contributed by atoms with Crippen molar-refractivity contribution >= 4 is 30.6 Å². The number of nitrogens with zero attached hydrogens (tertiary/aromatic N) is 2. The minimum atomic E-state index is -1.22. The molecule has 0 aliphatic heterocycles. The maximum atomic E-state index is 8.94. The van der Waals surface area contributed by atoms with E-state index in [1.54, 1.807) is 0 Å². The predicted octanol–water partition coefficient (Wildman–Crippen LogP) is 4.41. The van der Waals surface area contributed by atoms with E-state index in [1.165, 1.54) is 23.2 Å². The van der Waals surface area contributed by atoms with E-state index in [0.717, 1.165) is 11.1 Å². The molecule has 0 radical (unpaired) electrons. The van der Waals surface area contributed by atoms with Gasteiger partial charge in [-0.15, -0.1) is 0 Å². The summed E-state index contributed by atoms with van der Waals surface area (Å²) in [5.74, 6) is 0. The predicted molar refractivity (Wildman–Crippen MR) is 110 cm³/mol. The molecule has 2 aromatic rings. The molecule has 0 fully saturated rings. The third-order valence-corrected chi connectivity index (χ3v) is 41.8. The topological polar surface area (TPSA) is 47.6 Å². The molecule has 2 nitrogen and oxygen atoms in total. The Labute approximate surface area is 161 Å². The molecule has 25 heavy (non-hydrogen) atoms. The van der Waals surface area contributed by atoms with Gasteiger partial charge in [-0.1, -0.05) is 0 Å². The normalized spacial score (nSPS) is 11.6. The van der Waals surface area contributed by atoms with Gasteiger partial charge in [0.1, 0.15) is 0 Å². The second-order valence-corrected chi connectivity index (χ2v) is 40.3. The molecule has 0 aliphatic carbocycles. The van der Waals surface area contributed by atoms with Crippen LogP contribution in [0.3, 0.4) is 0 Å². The van der Waals surface area contributed by atoms with Gasteiger partial charge in [0.05, 0.1) is 0 Å². The van der Waals surface area contributed by atoms with Gasteiger partial charge in [0.2, 0.25) is 0 Å². The number of benzene rings is 2. The Hall–Kier alpha value is -1.36. The summed E-state index contributed by atoms with van der Waals surface area (Å²) in [6.07, 6.45) is 0. The van der Waals surface area contributed by atoms with Crippen LogP contribution in [0.2, 0.25) is 26.2 Å². The Morgan fingerprint density at radius 2 is 1.00 bits per heavy atom. The monoisotopic (exact) mass is 478 g/mol. The Morgan fingerprint density at radius 3 is 1.28 bits per heavy atom. The third-order valence-electron chi connectivity index (χ3n) is 3.98. The van der Waals surface area contributed by atoms with Gasteiger partial charge in [0.25, 0.3) is 0 Å². The quantitative estimate of drug-likeness (QED) is 0.581. The first-order chi connectivity index (χ1) is 11.7. The van der Waals surface area contributed by atoms with Crippen LogP contribution in [0.4, 0.5) is 0 Å². The summed E-state index contributed by atoms with van der Waals surface area (Å²) in [6.45, 7) is 10.2. The second-order valence-electron chi connectivity index (χ2n) is 7.59. The molecular weight excluding hydrogens is 452 g/mol. The minimum absolute atomic E-state index is 0.00796. The van der Waals surface area contributed by atoms with Crippen LogP contribution in [0.15, 0.2) is 48.5 Å². The van der Waals surface area contributed by atoms with Crippen LogP contribution in [0.1, 0.15) is 22.3 Å². The Morgan fingerprint density at radius 1 is 0.680 bits per heavy atom. The zero-order chi connectivity index (χ0) is 18.5. The van der Waals surface area contributed by atoms with Crippen LogP contribution in [0, 0.1) is 22.7 Å². The first-order valence-electron chi connectivity index (χ1n) is 8.41. The van der Waals surface area contributed by atoms with Crippen molar-refractivity contribution in [2.45, 2.75) is 38.3 Å². The molecule has 0 spiro atoms. The molecule has 128 valence electrons. The van der Waals surface area contributed by atoms with Gasteiger partial charge < -0.3 is 0 Å². The van der Waals surface area contributed by atoms with Crippen LogP contribution in [0.5, 0.6) is 0 Å². The standard InChI is InChI=1S/C20H24N2Si2Te/c1-23(2,15-19-9-5-17(13-21)6-10-19)25-24(3,4)16-20-11-7-18(14-22)8-12-20/h5-12H,15-16H2,1-4H3. The summed E-state index contributed by atoms with van der Waals surface area (Å²) in [7, 11) is 0. The molecule has 5 heteroatoms. The van der Waals surface area contributed by atoms with Gasteiger partial charge >= 0.3 is 162 Å². The van der Waals surface area contributed by atoms with Crippen LogP contribution >= 0.6 is 0 Å². The van der Waals surface area contributed by atoms with Gasteiger partial charge in [-0.05, 0) is 0 Å². The van der Waals surface area contributed by atoms with Crippen molar-refractivity contribution < 1.29 is 0 Å². The van der Waals surface area contributed by atoms with Gasteiger partial charge in [0.15, 0.2) is 0 Å². The zero-order valence-corrected chi connectivity index (χ0v) is 19.7. The summed E-state index contributed by atoms with van der Waals surface area (Å²) < 4.78 is 0. The molecule has 0 aromatic heterocycles. The van der Waals surface area contributed by atoms with Crippen LogP contribution in [-0.2, 0) is 12.1 Å². The molecule has 0 unspecified atom stereocenters. The van der Waals surface area contributed by atoms with Crippen LogP contribution in [0.25, 0.3) is 0 Å². The van der Waals surface area contributed by atoms with Gasteiger partial charge in [0, 0.05) is 0 Å². The van der Waals surface area contributed by atoms with Gasteiger partial charge in [-0.2, -0.15) is 0 Å². The average molecular weight is 476 g/mol. The van der Waals surface area contributed by atoms with E-state index < -0.39 is 11.2 Å². The Bertz CT molecular complexity index is 728. The fraction of sp³-hybridized carbons (Fsp3) is 0.300. The molecule has 0 amide bonds. The SMILES string of the molecule is C[Si](C)(Cc1ccc(C#N)cc1)[Te][Si](C)(C)Cc1ccc(C#N)cc1. The molecule has 0 heterocycles. The Kier molecular flexibility index (Phi) is 6.67. The van der Waals surface area contributed by atoms with E-state index in [0.29, 0.717) is 0 Å². The molecule has 2 aromatic carbocycles. The summed E-state index contributed by atoms with van der Waals surface area (Å²) in [4.78, 5) is 0. The van der Waals surface area contributed by atoms with Crippen molar-refractivity contribution in [1.82, 2.24) is 0 Å². The summed E-state index contributed by atoms with van der Waals surface area (Å²) >= 11 is -0.00796. The van der Waals surface area contributed by atoms with E-state index in [4.69, 9.17) is 10.5 Å². The molecule has 2 rings (SSSR count). The van der Waals surface area contributed by atoms with E-state index >= 15 is 0 Å². The van der Waals surface area contributed by atoms with E-state index in [9.17, 15) is 0 Å². The molecule has 0 N–H and O–H groups in total. The van der Waals surface area contributed by atoms with Crippen molar-refractivity contribution in [2.75, 3.05) is 0 Å². The van der Waals surface area contributed by atoms with Crippen molar-refractivity contribution in [3.8, 4) is 12.1 Å². The molecular formula is C20H24N2Si2Te.